The molecule has 2 fully saturated rings. The van der Waals surface area contributed by atoms with Crippen LogP contribution in [-0.2, 0) is 0 Å². The Balaban J connectivity index is 0.000000147. The van der Waals surface area contributed by atoms with E-state index in [-0.39, 0.29) is 10.6 Å². The van der Waals surface area contributed by atoms with Crippen LogP contribution in [0.1, 0.15) is 35.8 Å². The average molecular weight is 609 g/mol. The number of hydrogen-bond acceptors (Lipinski definition) is 7. The zero-order chi connectivity index (χ0) is 31.5. The molecule has 0 spiro atoms. The summed E-state index contributed by atoms with van der Waals surface area (Å²) in [5.74, 6) is 2.96. The quantitative estimate of drug-likeness (QED) is 0.157. The van der Waals surface area contributed by atoms with Crippen LogP contribution >= 0.6 is 0 Å². The van der Waals surface area contributed by atoms with Crippen molar-refractivity contribution in [2.75, 3.05) is 41.7 Å². The largest absolute Gasteiger partial charge is 0.397 e. The van der Waals surface area contributed by atoms with E-state index in [2.05, 4.69) is 92.6 Å². The summed E-state index contributed by atoms with van der Waals surface area (Å²) < 4.78 is 0. The van der Waals surface area contributed by atoms with E-state index in [1.54, 1.807) is 12.3 Å². The Bertz CT molecular complexity index is 1980. The van der Waals surface area contributed by atoms with E-state index in [4.69, 9.17) is 5.73 Å². The van der Waals surface area contributed by atoms with E-state index < -0.39 is 0 Å². The van der Waals surface area contributed by atoms with Gasteiger partial charge >= 0.3 is 0 Å². The van der Waals surface area contributed by atoms with Gasteiger partial charge in [0.05, 0.1) is 22.2 Å². The molecular formula is C38H36N6O2. The van der Waals surface area contributed by atoms with Crippen molar-refractivity contribution in [1.82, 2.24) is 9.97 Å². The van der Waals surface area contributed by atoms with E-state index in [1.165, 1.54) is 23.7 Å². The number of benzene rings is 4. The van der Waals surface area contributed by atoms with Crippen molar-refractivity contribution in [3.63, 3.8) is 0 Å². The third-order valence-corrected chi connectivity index (χ3v) is 9.27. The second kappa shape index (κ2) is 12.9. The summed E-state index contributed by atoms with van der Waals surface area (Å²) in [6, 6.07) is 37.0. The van der Waals surface area contributed by atoms with Crippen LogP contribution in [0.3, 0.4) is 0 Å². The van der Waals surface area contributed by atoms with Crippen LogP contribution in [0.2, 0.25) is 0 Å². The van der Waals surface area contributed by atoms with E-state index in [0.717, 1.165) is 66.1 Å². The first-order valence-corrected chi connectivity index (χ1v) is 15.8. The highest BCUT2D eigenvalue weighted by atomic mass is 16.6. The molecule has 0 unspecified atom stereocenters. The molecule has 4 aromatic carbocycles. The number of anilines is 3. The minimum Gasteiger partial charge on any atom is -0.397 e. The molecule has 2 N–H and O–H groups in total. The van der Waals surface area contributed by atoms with E-state index >= 15 is 0 Å². The predicted octanol–water partition coefficient (Wildman–Crippen LogP) is 7.95. The monoisotopic (exact) mass is 608 g/mol. The van der Waals surface area contributed by atoms with Crippen LogP contribution in [0, 0.1) is 10.1 Å². The van der Waals surface area contributed by atoms with Gasteiger partial charge in [-0.1, -0.05) is 103 Å². The molecule has 8 heteroatoms. The Labute approximate surface area is 268 Å². The maximum Gasteiger partial charge on any atom is 0.295 e. The molecule has 4 heterocycles. The number of pyridine rings is 2. The molecule has 0 bridgehead atoms. The van der Waals surface area contributed by atoms with Gasteiger partial charge in [0.25, 0.3) is 5.69 Å². The van der Waals surface area contributed by atoms with Gasteiger partial charge in [-0.15, -0.1) is 0 Å². The fourth-order valence-corrected chi connectivity index (χ4v) is 6.91. The van der Waals surface area contributed by atoms with Crippen LogP contribution in [0.4, 0.5) is 23.0 Å². The third-order valence-electron chi connectivity index (χ3n) is 9.27. The summed E-state index contributed by atoms with van der Waals surface area (Å²) in [5.41, 5.74) is 9.63. The molecule has 6 aromatic rings. The van der Waals surface area contributed by atoms with Crippen molar-refractivity contribution in [2.45, 2.75) is 24.7 Å². The van der Waals surface area contributed by atoms with Crippen molar-refractivity contribution >= 4 is 44.6 Å². The molecule has 230 valence electrons. The minimum atomic E-state index is -0.365. The molecule has 2 aromatic heterocycles. The van der Waals surface area contributed by atoms with Crippen LogP contribution < -0.4 is 15.5 Å². The molecular weight excluding hydrogens is 572 g/mol. The van der Waals surface area contributed by atoms with Gasteiger partial charge in [-0.3, -0.25) is 10.1 Å². The smallest absolute Gasteiger partial charge is 0.295 e. The molecule has 2 atom stereocenters. The standard InChI is InChI=1S/C19H17N3O2.C19H19N3/c23-22(24)18-12-20-19(17-9-5-4-8-16(17)18)21-11-10-15(13-21)14-6-2-1-3-7-14;20-18-12-21-19(17-9-5-4-8-16(17)18)22-11-10-15(13-22)14-6-2-1-3-7-14/h1-9,12,15H,10-11,13H2;1-9,12,15H,10-11,13,20H2/t2*15-/m00/s1. The minimum absolute atomic E-state index is 0.0631. The summed E-state index contributed by atoms with van der Waals surface area (Å²) in [6.45, 7) is 3.86. The van der Waals surface area contributed by atoms with Gasteiger partial charge in [0.15, 0.2) is 0 Å². The maximum atomic E-state index is 11.2. The van der Waals surface area contributed by atoms with Crippen molar-refractivity contribution in [3.05, 3.63) is 143 Å². The first-order valence-electron chi connectivity index (χ1n) is 15.8. The van der Waals surface area contributed by atoms with Gasteiger partial charge in [-0.25, -0.2) is 9.97 Å². The number of nitrogens with two attached hydrogens (primary N) is 1. The summed E-state index contributed by atoms with van der Waals surface area (Å²) in [6.07, 6.45) is 5.41. The molecule has 8 rings (SSSR count). The second-order valence-electron chi connectivity index (χ2n) is 12.0. The first kappa shape index (κ1) is 29.2. The van der Waals surface area contributed by atoms with Gasteiger partial charge in [0, 0.05) is 54.2 Å². The average Bonchev–Trinajstić information content (AvgIpc) is 3.80. The number of rotatable bonds is 5. The number of nitro groups is 1. The Kier molecular flexibility index (Phi) is 8.16. The Morgan fingerprint density at radius 3 is 1.57 bits per heavy atom. The topological polar surface area (TPSA) is 101 Å². The lowest BCUT2D eigenvalue weighted by atomic mass is 9.99. The first-order chi connectivity index (χ1) is 22.6. The van der Waals surface area contributed by atoms with Crippen LogP contribution in [0.25, 0.3) is 21.5 Å². The molecule has 46 heavy (non-hydrogen) atoms. The molecule has 0 amide bonds. The van der Waals surface area contributed by atoms with Gasteiger partial charge < -0.3 is 15.5 Å². The highest BCUT2D eigenvalue weighted by Crippen LogP contribution is 2.37. The van der Waals surface area contributed by atoms with Crippen molar-refractivity contribution < 1.29 is 4.92 Å². The Morgan fingerprint density at radius 2 is 1.04 bits per heavy atom. The molecule has 2 aliphatic rings. The SMILES string of the molecule is Nc1cnc(N2CC[C@H](c3ccccc3)C2)c2ccccc12.O=[N+]([O-])c1cnc(N2CC[C@H](c3ccccc3)C2)c2ccccc12. The summed E-state index contributed by atoms with van der Waals surface area (Å²) in [7, 11) is 0. The Morgan fingerprint density at radius 1 is 0.609 bits per heavy atom. The highest BCUT2D eigenvalue weighted by molar-refractivity contribution is 5.99. The second-order valence-corrected chi connectivity index (χ2v) is 12.0. The lowest BCUT2D eigenvalue weighted by molar-refractivity contribution is -0.383. The fraction of sp³-hybridized carbons (Fsp3) is 0.211. The van der Waals surface area contributed by atoms with Gasteiger partial charge in [-0.05, 0) is 30.0 Å². The van der Waals surface area contributed by atoms with Gasteiger partial charge in [0.1, 0.15) is 17.8 Å². The zero-order valence-electron chi connectivity index (χ0n) is 25.6. The van der Waals surface area contributed by atoms with Crippen LogP contribution in [0.15, 0.2) is 122 Å². The number of fused-ring (bicyclic) bond motifs is 2. The number of aromatic nitrogens is 2. The van der Waals surface area contributed by atoms with E-state index in [1.807, 2.05) is 30.3 Å². The molecule has 2 saturated heterocycles. The number of nitrogens with zero attached hydrogens (tertiary/aromatic N) is 5. The molecule has 0 aliphatic carbocycles. The number of nitrogen functional groups attached to an aromatic ring is 1. The third kappa shape index (κ3) is 5.81. The number of hydrogen-bond donors (Lipinski definition) is 1. The molecule has 0 radical (unpaired) electrons. The van der Waals surface area contributed by atoms with Crippen LogP contribution in [0.5, 0.6) is 0 Å². The zero-order valence-corrected chi connectivity index (χ0v) is 25.6. The Hall–Kier alpha value is -5.50. The van der Waals surface area contributed by atoms with Crippen molar-refractivity contribution in [1.29, 1.82) is 0 Å². The van der Waals surface area contributed by atoms with Gasteiger partial charge in [0.2, 0.25) is 0 Å². The maximum absolute atomic E-state index is 11.2. The molecule has 8 nitrogen and oxygen atoms in total. The predicted molar refractivity (Wildman–Crippen MR) is 187 cm³/mol. The lowest BCUT2D eigenvalue weighted by Gasteiger charge is -2.20. The van der Waals surface area contributed by atoms with Crippen molar-refractivity contribution in [3.8, 4) is 0 Å². The highest BCUT2D eigenvalue weighted by Gasteiger charge is 2.28. The summed E-state index contributed by atoms with van der Waals surface area (Å²) in [4.78, 5) is 24.5. The molecule has 2 aliphatic heterocycles. The summed E-state index contributed by atoms with van der Waals surface area (Å²) >= 11 is 0. The van der Waals surface area contributed by atoms with Crippen LogP contribution in [-0.4, -0.2) is 41.1 Å². The molecule has 0 saturated carbocycles. The fourth-order valence-electron chi connectivity index (χ4n) is 6.91. The normalized spacial score (nSPS) is 17.7. The van der Waals surface area contributed by atoms with E-state index in [0.29, 0.717) is 17.2 Å². The van der Waals surface area contributed by atoms with E-state index in [9.17, 15) is 10.1 Å². The van der Waals surface area contributed by atoms with Gasteiger partial charge in [-0.2, -0.15) is 0 Å². The lowest BCUT2D eigenvalue weighted by Crippen LogP contribution is -2.20. The summed E-state index contributed by atoms with van der Waals surface area (Å²) in [5, 5.41) is 15.0. The van der Waals surface area contributed by atoms with Crippen molar-refractivity contribution in [2.24, 2.45) is 0 Å².